The molecular weight excluding hydrogens is 230 g/mol. The zero-order valence-electron chi connectivity index (χ0n) is 10.9. The Morgan fingerprint density at radius 3 is 3.00 bits per heavy atom. The van der Waals surface area contributed by atoms with Gasteiger partial charge in [-0.3, -0.25) is 0 Å². The Bertz CT molecular complexity index is 342. The highest BCUT2D eigenvalue weighted by Gasteiger charge is 2.33. The van der Waals surface area contributed by atoms with Crippen molar-refractivity contribution in [3.8, 4) is 0 Å². The van der Waals surface area contributed by atoms with Gasteiger partial charge in [0.2, 0.25) is 0 Å². The van der Waals surface area contributed by atoms with Crippen LogP contribution in [0.25, 0.3) is 0 Å². The van der Waals surface area contributed by atoms with Gasteiger partial charge in [-0.05, 0) is 56.7 Å². The van der Waals surface area contributed by atoms with Gasteiger partial charge in [0.25, 0.3) is 0 Å². The van der Waals surface area contributed by atoms with Crippen LogP contribution < -0.4 is 5.32 Å². The molecule has 1 fully saturated rings. The van der Waals surface area contributed by atoms with Gasteiger partial charge >= 0.3 is 0 Å². The number of hydrogen-bond acceptors (Lipinski definition) is 3. The molecule has 0 aromatic carbocycles. The van der Waals surface area contributed by atoms with E-state index in [4.69, 9.17) is 4.74 Å². The summed E-state index contributed by atoms with van der Waals surface area (Å²) in [7, 11) is 0. The molecule has 1 atom stereocenters. The minimum Gasteiger partial charge on any atom is -0.381 e. The lowest BCUT2D eigenvalue weighted by atomic mass is 9.82. The van der Waals surface area contributed by atoms with Gasteiger partial charge in [-0.2, -0.15) is 0 Å². The molecule has 2 rings (SSSR count). The first-order valence-electron chi connectivity index (χ1n) is 6.57. The lowest BCUT2D eigenvalue weighted by Crippen LogP contribution is -2.30. The first kappa shape index (κ1) is 13.1. The maximum Gasteiger partial charge on any atom is 0.0535 e. The monoisotopic (exact) mass is 253 g/mol. The highest BCUT2D eigenvalue weighted by Crippen LogP contribution is 2.32. The van der Waals surface area contributed by atoms with E-state index in [0.717, 1.165) is 26.3 Å². The Morgan fingerprint density at radius 1 is 1.53 bits per heavy atom. The molecule has 1 N–H and O–H groups in total. The Balaban J connectivity index is 1.89. The Kier molecular flexibility index (Phi) is 4.60. The maximum absolute atomic E-state index is 5.68. The fourth-order valence-corrected chi connectivity index (χ4v) is 3.30. The molecule has 1 aromatic heterocycles. The smallest absolute Gasteiger partial charge is 0.0535 e. The third kappa shape index (κ3) is 3.54. The second kappa shape index (κ2) is 5.98. The van der Waals surface area contributed by atoms with Crippen molar-refractivity contribution in [1.82, 2.24) is 5.32 Å². The predicted octanol–water partition coefficient (Wildman–Crippen LogP) is 3.01. The normalized spacial score (nSPS) is 24.4. The van der Waals surface area contributed by atoms with Crippen molar-refractivity contribution in [2.24, 2.45) is 5.41 Å². The van der Waals surface area contributed by atoms with Crippen LogP contribution in [-0.4, -0.2) is 26.3 Å². The third-order valence-corrected chi connectivity index (χ3v) is 4.58. The second-order valence-electron chi connectivity index (χ2n) is 5.13. The van der Waals surface area contributed by atoms with E-state index in [2.05, 4.69) is 30.6 Å². The van der Waals surface area contributed by atoms with E-state index in [1.165, 1.54) is 29.7 Å². The first-order chi connectivity index (χ1) is 8.24. The summed E-state index contributed by atoms with van der Waals surface area (Å²) in [6.45, 7) is 8.28. The summed E-state index contributed by atoms with van der Waals surface area (Å²) in [6, 6.07) is 2.32. The van der Waals surface area contributed by atoms with Gasteiger partial charge in [-0.25, -0.2) is 0 Å². The van der Waals surface area contributed by atoms with Crippen LogP contribution in [0.4, 0.5) is 0 Å². The molecule has 1 aromatic rings. The van der Waals surface area contributed by atoms with Crippen molar-refractivity contribution in [2.75, 3.05) is 26.3 Å². The largest absolute Gasteiger partial charge is 0.381 e. The summed E-state index contributed by atoms with van der Waals surface area (Å²) < 4.78 is 5.68. The number of nitrogens with one attached hydrogen (secondary N) is 1. The Hall–Kier alpha value is -0.380. The zero-order chi connectivity index (χ0) is 12.1. The quantitative estimate of drug-likeness (QED) is 0.841. The molecule has 0 aliphatic carbocycles. The number of rotatable bonds is 6. The molecule has 3 heteroatoms. The van der Waals surface area contributed by atoms with Crippen molar-refractivity contribution in [3.63, 3.8) is 0 Å². The summed E-state index contributed by atoms with van der Waals surface area (Å²) >= 11 is 1.86. The molecule has 2 heterocycles. The summed E-state index contributed by atoms with van der Waals surface area (Å²) in [4.78, 5) is 1.42. The van der Waals surface area contributed by atoms with Crippen LogP contribution in [0.15, 0.2) is 11.4 Å². The summed E-state index contributed by atoms with van der Waals surface area (Å²) in [5.74, 6) is 0. The van der Waals surface area contributed by atoms with Crippen LogP contribution in [0.2, 0.25) is 0 Å². The van der Waals surface area contributed by atoms with Crippen LogP contribution >= 0.6 is 11.3 Å². The maximum atomic E-state index is 5.68. The Labute approximate surface area is 108 Å². The van der Waals surface area contributed by atoms with E-state index >= 15 is 0 Å². The average Bonchev–Trinajstić information content (AvgIpc) is 2.94. The van der Waals surface area contributed by atoms with Gasteiger partial charge in [0.05, 0.1) is 6.61 Å². The molecule has 0 saturated carbocycles. The Morgan fingerprint density at radius 2 is 2.41 bits per heavy atom. The van der Waals surface area contributed by atoms with E-state index in [-0.39, 0.29) is 0 Å². The number of thiophene rings is 1. The molecule has 0 spiro atoms. The molecule has 0 radical (unpaired) electrons. The fourth-order valence-electron chi connectivity index (χ4n) is 2.56. The topological polar surface area (TPSA) is 21.3 Å². The lowest BCUT2D eigenvalue weighted by molar-refractivity contribution is 0.0564. The summed E-state index contributed by atoms with van der Waals surface area (Å²) in [6.07, 6.45) is 3.70. The van der Waals surface area contributed by atoms with E-state index < -0.39 is 0 Å². The van der Waals surface area contributed by atoms with Gasteiger partial charge in [-0.1, -0.05) is 0 Å². The van der Waals surface area contributed by atoms with Crippen molar-refractivity contribution in [2.45, 2.75) is 33.1 Å². The average molecular weight is 253 g/mol. The number of hydrogen-bond donors (Lipinski definition) is 1. The SMILES string of the molecule is CCOCC1(CCc2csc(C)c2)CCNC1. The molecule has 1 aliphatic heterocycles. The molecule has 2 nitrogen and oxygen atoms in total. The fraction of sp³-hybridized carbons (Fsp3) is 0.714. The van der Waals surface area contributed by atoms with Crippen molar-refractivity contribution >= 4 is 11.3 Å². The standard InChI is InChI=1S/C14H23NOS/c1-3-16-11-14(6-7-15-10-14)5-4-13-8-12(2)17-9-13/h8-9,15H,3-7,10-11H2,1-2H3. The van der Waals surface area contributed by atoms with Gasteiger partial charge < -0.3 is 10.1 Å². The van der Waals surface area contributed by atoms with Gasteiger partial charge in [0.15, 0.2) is 0 Å². The molecule has 1 saturated heterocycles. The van der Waals surface area contributed by atoms with Crippen molar-refractivity contribution in [1.29, 1.82) is 0 Å². The zero-order valence-corrected chi connectivity index (χ0v) is 11.7. The van der Waals surface area contributed by atoms with Crippen LogP contribution in [0.1, 0.15) is 30.2 Å². The van der Waals surface area contributed by atoms with Crippen LogP contribution in [0, 0.1) is 12.3 Å². The molecule has 0 amide bonds. The number of ether oxygens (including phenoxy) is 1. The van der Waals surface area contributed by atoms with Gasteiger partial charge in [0, 0.05) is 23.4 Å². The second-order valence-corrected chi connectivity index (χ2v) is 6.24. The summed E-state index contributed by atoms with van der Waals surface area (Å²) in [5.41, 5.74) is 1.88. The predicted molar refractivity (Wildman–Crippen MR) is 73.8 cm³/mol. The molecule has 96 valence electrons. The third-order valence-electron chi connectivity index (χ3n) is 3.67. The molecular formula is C14H23NOS. The summed E-state index contributed by atoms with van der Waals surface area (Å²) in [5, 5.41) is 5.78. The van der Waals surface area contributed by atoms with E-state index in [1.807, 2.05) is 11.3 Å². The molecule has 17 heavy (non-hydrogen) atoms. The van der Waals surface area contributed by atoms with Crippen LogP contribution in [0.5, 0.6) is 0 Å². The van der Waals surface area contributed by atoms with E-state index in [0.29, 0.717) is 5.41 Å². The highest BCUT2D eigenvalue weighted by atomic mass is 32.1. The minimum atomic E-state index is 0.381. The minimum absolute atomic E-state index is 0.381. The highest BCUT2D eigenvalue weighted by molar-refractivity contribution is 7.10. The number of aryl methyl sites for hydroxylation is 2. The van der Waals surface area contributed by atoms with Crippen LogP contribution in [-0.2, 0) is 11.2 Å². The van der Waals surface area contributed by atoms with Crippen molar-refractivity contribution in [3.05, 3.63) is 21.9 Å². The first-order valence-corrected chi connectivity index (χ1v) is 7.44. The van der Waals surface area contributed by atoms with E-state index in [1.54, 1.807) is 0 Å². The lowest BCUT2D eigenvalue weighted by Gasteiger charge is -2.27. The molecule has 0 bridgehead atoms. The molecule has 1 aliphatic rings. The molecule has 1 unspecified atom stereocenters. The van der Waals surface area contributed by atoms with Crippen molar-refractivity contribution < 1.29 is 4.74 Å². The van der Waals surface area contributed by atoms with Crippen LogP contribution in [0.3, 0.4) is 0 Å². The van der Waals surface area contributed by atoms with E-state index in [9.17, 15) is 0 Å². The van der Waals surface area contributed by atoms with Gasteiger partial charge in [0.1, 0.15) is 0 Å². The van der Waals surface area contributed by atoms with Gasteiger partial charge in [-0.15, -0.1) is 11.3 Å².